The van der Waals surface area contributed by atoms with Crippen LogP contribution in [0, 0.1) is 0 Å². The molecule has 3 atom stereocenters. The highest BCUT2D eigenvalue weighted by atomic mass is 32.2. The van der Waals surface area contributed by atoms with Crippen LogP contribution in [0.2, 0.25) is 0 Å². The lowest BCUT2D eigenvalue weighted by atomic mass is 10.1. The van der Waals surface area contributed by atoms with Crippen molar-refractivity contribution in [3.8, 4) is 0 Å². The summed E-state index contributed by atoms with van der Waals surface area (Å²) in [4.78, 5) is 33.1. The van der Waals surface area contributed by atoms with Crippen LogP contribution in [-0.4, -0.2) is 62.9 Å². The van der Waals surface area contributed by atoms with E-state index in [9.17, 15) is 19.5 Å². The van der Waals surface area contributed by atoms with Gasteiger partial charge in [-0.1, -0.05) is 67.7 Å². The van der Waals surface area contributed by atoms with Crippen molar-refractivity contribution in [2.24, 2.45) is 5.73 Å². The van der Waals surface area contributed by atoms with Crippen molar-refractivity contribution in [2.45, 2.75) is 62.8 Å². The van der Waals surface area contributed by atoms with E-state index in [2.05, 4.69) is 36.5 Å². The molecule has 0 aliphatic carbocycles. The number of aliphatic hydroxyl groups is 1. The Balaban J connectivity index is 4.74. The van der Waals surface area contributed by atoms with Crippen LogP contribution in [0.1, 0.15) is 45.4 Å². The van der Waals surface area contributed by atoms with E-state index >= 15 is 0 Å². The predicted octanol–water partition coefficient (Wildman–Crippen LogP) is 3.20. The molecule has 0 aliphatic heterocycles. The quantitative estimate of drug-likeness (QED) is 0.136. The summed E-state index contributed by atoms with van der Waals surface area (Å²) >= 11 is 1.26. The SMILES string of the molecule is CC/C=C\C/C=C\C\C=C/C=C/C=C/[C@H](SC[C@H](N)C(=O)NCC(=O)O)[C@H](O)CCCC(=O)O. The average molecular weight is 495 g/mol. The van der Waals surface area contributed by atoms with E-state index in [4.69, 9.17) is 15.9 Å². The van der Waals surface area contributed by atoms with Gasteiger partial charge in [0.2, 0.25) is 5.91 Å². The molecule has 34 heavy (non-hydrogen) atoms. The van der Waals surface area contributed by atoms with Crippen molar-refractivity contribution in [3.05, 3.63) is 60.8 Å². The van der Waals surface area contributed by atoms with Crippen molar-refractivity contribution in [3.63, 3.8) is 0 Å². The molecule has 0 rings (SSSR count). The zero-order chi connectivity index (χ0) is 25.6. The zero-order valence-electron chi connectivity index (χ0n) is 19.7. The van der Waals surface area contributed by atoms with Crippen molar-refractivity contribution in [2.75, 3.05) is 12.3 Å². The lowest BCUT2D eigenvalue weighted by Crippen LogP contribution is -2.44. The maximum atomic E-state index is 11.9. The highest BCUT2D eigenvalue weighted by molar-refractivity contribution is 8.00. The first-order valence-electron chi connectivity index (χ1n) is 11.3. The Morgan fingerprint density at radius 3 is 2.24 bits per heavy atom. The second-order valence-electron chi connectivity index (χ2n) is 7.39. The Hall–Kier alpha value is -2.62. The van der Waals surface area contributed by atoms with Gasteiger partial charge in [0.15, 0.2) is 0 Å². The molecule has 8 nitrogen and oxygen atoms in total. The summed E-state index contributed by atoms with van der Waals surface area (Å²) in [5, 5.41) is 29.7. The van der Waals surface area contributed by atoms with Crippen LogP contribution in [0.25, 0.3) is 0 Å². The van der Waals surface area contributed by atoms with Gasteiger partial charge in [0.25, 0.3) is 0 Å². The fourth-order valence-electron chi connectivity index (χ4n) is 2.58. The lowest BCUT2D eigenvalue weighted by molar-refractivity contribution is -0.138. The molecule has 9 heteroatoms. The molecule has 0 heterocycles. The van der Waals surface area contributed by atoms with Crippen LogP contribution < -0.4 is 11.1 Å². The van der Waals surface area contributed by atoms with Gasteiger partial charge in [0.1, 0.15) is 6.54 Å². The van der Waals surface area contributed by atoms with Crippen LogP contribution in [0.4, 0.5) is 0 Å². The number of nitrogens with two attached hydrogens (primary N) is 1. The molecule has 0 aromatic rings. The second kappa shape index (κ2) is 20.9. The van der Waals surface area contributed by atoms with Gasteiger partial charge in [-0.25, -0.2) is 0 Å². The largest absolute Gasteiger partial charge is 0.481 e. The zero-order valence-corrected chi connectivity index (χ0v) is 20.5. The van der Waals surface area contributed by atoms with Gasteiger partial charge < -0.3 is 26.4 Å². The van der Waals surface area contributed by atoms with Crippen molar-refractivity contribution in [1.29, 1.82) is 0 Å². The van der Waals surface area contributed by atoms with E-state index in [1.165, 1.54) is 11.8 Å². The molecule has 0 fully saturated rings. The summed E-state index contributed by atoms with van der Waals surface area (Å²) in [6, 6.07) is -0.935. The third kappa shape index (κ3) is 18.9. The fourth-order valence-corrected chi connectivity index (χ4v) is 3.72. The summed E-state index contributed by atoms with van der Waals surface area (Å²) in [7, 11) is 0. The minimum Gasteiger partial charge on any atom is -0.481 e. The number of amides is 1. The monoisotopic (exact) mass is 494 g/mol. The van der Waals surface area contributed by atoms with E-state index < -0.39 is 41.8 Å². The highest BCUT2D eigenvalue weighted by Crippen LogP contribution is 2.21. The van der Waals surface area contributed by atoms with Crippen LogP contribution in [0.3, 0.4) is 0 Å². The summed E-state index contributed by atoms with van der Waals surface area (Å²) in [5.41, 5.74) is 5.82. The first kappa shape index (κ1) is 31.4. The van der Waals surface area contributed by atoms with Crippen LogP contribution >= 0.6 is 11.8 Å². The highest BCUT2D eigenvalue weighted by Gasteiger charge is 2.21. The molecule has 0 spiro atoms. The van der Waals surface area contributed by atoms with Crippen molar-refractivity contribution >= 4 is 29.6 Å². The number of aliphatic hydroxyl groups excluding tert-OH is 1. The Bertz CT molecular complexity index is 746. The van der Waals surface area contributed by atoms with E-state index in [0.29, 0.717) is 6.42 Å². The molecule has 6 N–H and O–H groups in total. The number of aliphatic carboxylic acids is 2. The van der Waals surface area contributed by atoms with Crippen LogP contribution in [-0.2, 0) is 14.4 Å². The lowest BCUT2D eigenvalue weighted by Gasteiger charge is -2.21. The molecule has 0 aromatic carbocycles. The molecular formula is C25H38N2O6S. The molecule has 0 saturated heterocycles. The molecule has 0 unspecified atom stereocenters. The predicted molar refractivity (Wildman–Crippen MR) is 138 cm³/mol. The number of nitrogens with one attached hydrogen (secondary N) is 1. The van der Waals surface area contributed by atoms with Crippen molar-refractivity contribution < 1.29 is 29.7 Å². The Morgan fingerprint density at radius 2 is 1.59 bits per heavy atom. The normalized spacial score (nSPS) is 15.0. The fraction of sp³-hybridized carbons (Fsp3) is 0.480. The number of carboxylic acid groups (broad SMARTS) is 2. The van der Waals surface area contributed by atoms with Gasteiger partial charge in [-0.15, -0.1) is 11.8 Å². The van der Waals surface area contributed by atoms with E-state index in [0.717, 1.165) is 19.3 Å². The van der Waals surface area contributed by atoms with Gasteiger partial charge in [-0.05, 0) is 32.1 Å². The third-order valence-corrected chi connectivity index (χ3v) is 5.78. The molecule has 1 amide bonds. The van der Waals surface area contributed by atoms with E-state index in [1.54, 1.807) is 12.2 Å². The number of carbonyl (C=O) groups is 3. The van der Waals surface area contributed by atoms with Crippen molar-refractivity contribution in [1.82, 2.24) is 5.32 Å². The maximum absolute atomic E-state index is 11.9. The number of hydrogen-bond donors (Lipinski definition) is 5. The van der Waals surface area contributed by atoms with Crippen LogP contribution in [0.15, 0.2) is 60.8 Å². The van der Waals surface area contributed by atoms with Gasteiger partial charge in [-0.2, -0.15) is 0 Å². The average Bonchev–Trinajstić information content (AvgIpc) is 2.79. The molecule has 0 bridgehead atoms. The smallest absolute Gasteiger partial charge is 0.322 e. The molecule has 0 saturated carbocycles. The minimum absolute atomic E-state index is 0.0384. The van der Waals surface area contributed by atoms with Crippen LogP contribution in [0.5, 0.6) is 0 Å². The first-order chi connectivity index (χ1) is 16.3. The molecule has 0 aromatic heterocycles. The molecule has 190 valence electrons. The maximum Gasteiger partial charge on any atom is 0.322 e. The van der Waals surface area contributed by atoms with Gasteiger partial charge in [0.05, 0.1) is 12.1 Å². The van der Waals surface area contributed by atoms with E-state index in [1.807, 2.05) is 24.3 Å². The number of carbonyl (C=O) groups excluding carboxylic acids is 1. The number of carboxylic acids is 2. The second-order valence-corrected chi connectivity index (χ2v) is 8.60. The van der Waals surface area contributed by atoms with E-state index in [-0.39, 0.29) is 18.6 Å². The Kier molecular flexibility index (Phi) is 19.3. The number of hydrogen-bond acceptors (Lipinski definition) is 6. The molecular weight excluding hydrogens is 456 g/mol. The minimum atomic E-state index is -1.16. The summed E-state index contributed by atoms with van der Waals surface area (Å²) in [6.07, 6.45) is 22.2. The molecule has 0 radical (unpaired) electrons. The Morgan fingerprint density at radius 1 is 0.941 bits per heavy atom. The number of allylic oxidation sites excluding steroid dienone is 9. The van der Waals surface area contributed by atoms with Gasteiger partial charge >= 0.3 is 11.9 Å². The van der Waals surface area contributed by atoms with Gasteiger partial charge in [-0.3, -0.25) is 14.4 Å². The first-order valence-corrected chi connectivity index (χ1v) is 12.4. The summed E-state index contributed by atoms with van der Waals surface area (Å²) in [6.45, 7) is 1.59. The topological polar surface area (TPSA) is 150 Å². The third-order valence-electron chi connectivity index (χ3n) is 4.37. The van der Waals surface area contributed by atoms with Gasteiger partial charge in [0, 0.05) is 17.4 Å². The summed E-state index contributed by atoms with van der Waals surface area (Å²) in [5.74, 6) is -2.51. The standard InChI is InChI=1S/C25H38N2O6S/c1-2-3-4-5-6-7-8-9-10-11-12-13-16-22(21(28)15-14-17-23(29)30)34-19-20(26)25(33)27-18-24(31)32/h3-4,6-7,9-13,16,20-22,28H,2,5,8,14-15,17-19,26H2,1H3,(H,27,33)(H,29,30)(H,31,32)/b4-3-,7-6-,10-9-,12-11+,16-13+/t20-,21+,22-/m0/s1. The summed E-state index contributed by atoms with van der Waals surface area (Å²) < 4.78 is 0. The molecule has 0 aliphatic rings. The Labute approximate surface area is 206 Å². The number of rotatable bonds is 19. The number of thioether (sulfide) groups is 1.